The highest BCUT2D eigenvalue weighted by Gasteiger charge is 2.36. The van der Waals surface area contributed by atoms with Crippen LogP contribution in [0.4, 0.5) is 28.4 Å². The van der Waals surface area contributed by atoms with Gasteiger partial charge in [0.2, 0.25) is 0 Å². The molecule has 3 nitrogen and oxygen atoms in total. The fraction of sp³-hybridized carbons (Fsp3) is 0.140. The second-order valence-corrected chi connectivity index (χ2v) is 14.3. The van der Waals surface area contributed by atoms with Crippen LogP contribution >= 0.6 is 11.8 Å². The number of aryl methyl sites for hydroxylation is 1. The Morgan fingerprint density at radius 3 is 2.06 bits per heavy atom. The highest BCUT2D eigenvalue weighted by Crippen LogP contribution is 2.52. The Morgan fingerprint density at radius 1 is 0.660 bits per heavy atom. The molecule has 228 valence electrons. The maximum Gasteiger partial charge on any atom is 0.0646 e. The van der Waals surface area contributed by atoms with Crippen molar-refractivity contribution in [3.8, 4) is 11.1 Å². The van der Waals surface area contributed by atoms with Gasteiger partial charge in [-0.05, 0) is 107 Å². The zero-order valence-corrected chi connectivity index (χ0v) is 27.5. The van der Waals surface area contributed by atoms with Gasteiger partial charge in [-0.25, -0.2) is 0 Å². The topological polar surface area (TPSA) is 19.4 Å². The average molecular weight is 626 g/mol. The van der Waals surface area contributed by atoms with Gasteiger partial charge in [0.15, 0.2) is 0 Å². The summed E-state index contributed by atoms with van der Waals surface area (Å²) in [6.45, 7) is 5.80. The summed E-state index contributed by atoms with van der Waals surface area (Å²) in [5.41, 5.74) is 15.1. The van der Waals surface area contributed by atoms with Crippen molar-refractivity contribution in [3.63, 3.8) is 0 Å². The maximum absolute atomic E-state index is 4.88. The summed E-state index contributed by atoms with van der Waals surface area (Å²) in [7, 11) is 0. The first-order valence-corrected chi connectivity index (χ1v) is 17.3. The van der Waals surface area contributed by atoms with Crippen LogP contribution in [0.25, 0.3) is 23.3 Å². The fourth-order valence-corrected chi connectivity index (χ4v) is 8.67. The van der Waals surface area contributed by atoms with Gasteiger partial charge < -0.3 is 9.80 Å². The molecule has 0 amide bonds. The van der Waals surface area contributed by atoms with E-state index in [-0.39, 0.29) is 5.41 Å². The van der Waals surface area contributed by atoms with Crippen molar-refractivity contribution in [2.24, 2.45) is 0 Å². The Kier molecular flexibility index (Phi) is 6.62. The van der Waals surface area contributed by atoms with E-state index in [4.69, 9.17) is 4.98 Å². The molecule has 47 heavy (non-hydrogen) atoms. The van der Waals surface area contributed by atoms with Crippen molar-refractivity contribution in [1.82, 2.24) is 4.98 Å². The maximum atomic E-state index is 4.88. The van der Waals surface area contributed by atoms with Crippen LogP contribution in [-0.2, 0) is 11.8 Å². The molecule has 1 aromatic heterocycles. The molecule has 5 aromatic carbocycles. The lowest BCUT2D eigenvalue weighted by molar-refractivity contribution is 0.659. The molecule has 0 unspecified atom stereocenters. The zero-order valence-electron chi connectivity index (χ0n) is 26.7. The molecule has 0 fully saturated rings. The third kappa shape index (κ3) is 4.70. The molecule has 3 heterocycles. The summed E-state index contributed by atoms with van der Waals surface area (Å²) >= 11 is 1.82. The zero-order chi connectivity index (χ0) is 31.5. The fourth-order valence-electron chi connectivity index (χ4n) is 7.61. The van der Waals surface area contributed by atoms with Gasteiger partial charge in [-0.3, -0.25) is 4.98 Å². The largest absolute Gasteiger partial charge is 0.341 e. The van der Waals surface area contributed by atoms with Crippen molar-refractivity contribution in [3.05, 3.63) is 155 Å². The SMILES string of the molecule is CC1(C)c2cc(/C=C/c3ccc(N4c5ccccc5Sc5ccccc54)cn3)ccc2-c2ccc(N3CCCc4ccccc43)cc21. The summed E-state index contributed by atoms with van der Waals surface area (Å²) in [6, 6.07) is 44.4. The predicted octanol–water partition coefficient (Wildman–Crippen LogP) is 11.6. The van der Waals surface area contributed by atoms with Crippen molar-refractivity contribution >= 4 is 52.4 Å². The third-order valence-electron chi connectivity index (χ3n) is 10.0. The number of hydrogen-bond acceptors (Lipinski definition) is 4. The molecule has 0 atom stereocenters. The molecule has 2 aliphatic heterocycles. The van der Waals surface area contributed by atoms with Crippen molar-refractivity contribution in [2.75, 3.05) is 16.3 Å². The summed E-state index contributed by atoms with van der Waals surface area (Å²) in [5.74, 6) is 0. The number of nitrogens with zero attached hydrogens (tertiary/aromatic N) is 3. The minimum Gasteiger partial charge on any atom is -0.341 e. The molecule has 0 saturated carbocycles. The highest BCUT2D eigenvalue weighted by molar-refractivity contribution is 7.99. The van der Waals surface area contributed by atoms with E-state index in [2.05, 4.69) is 157 Å². The smallest absolute Gasteiger partial charge is 0.0646 e. The Hall–Kier alpha value is -5.06. The molecule has 1 aliphatic carbocycles. The summed E-state index contributed by atoms with van der Waals surface area (Å²) in [5, 5.41) is 0. The van der Waals surface area contributed by atoms with Gasteiger partial charge in [-0.2, -0.15) is 0 Å². The summed E-state index contributed by atoms with van der Waals surface area (Å²) in [4.78, 5) is 12.2. The number of fused-ring (bicyclic) bond motifs is 6. The molecule has 9 rings (SSSR count). The average Bonchev–Trinajstić information content (AvgIpc) is 3.34. The van der Waals surface area contributed by atoms with Crippen LogP contribution in [0.3, 0.4) is 0 Å². The minimum absolute atomic E-state index is 0.0843. The van der Waals surface area contributed by atoms with E-state index in [1.54, 1.807) is 0 Å². The molecule has 0 saturated heterocycles. The van der Waals surface area contributed by atoms with E-state index in [0.717, 1.165) is 24.3 Å². The molecule has 3 aliphatic rings. The predicted molar refractivity (Wildman–Crippen MR) is 198 cm³/mol. The summed E-state index contributed by atoms with van der Waals surface area (Å²) in [6.07, 6.45) is 8.65. The Morgan fingerprint density at radius 2 is 1.32 bits per heavy atom. The lowest BCUT2D eigenvalue weighted by atomic mass is 9.81. The first-order chi connectivity index (χ1) is 23.0. The monoisotopic (exact) mass is 625 g/mol. The molecular formula is C43H35N3S. The number of pyridine rings is 1. The van der Waals surface area contributed by atoms with Gasteiger partial charge in [0.05, 0.1) is 29.0 Å². The second-order valence-electron chi connectivity index (χ2n) is 13.2. The van der Waals surface area contributed by atoms with E-state index in [0.29, 0.717) is 0 Å². The molecule has 0 spiro atoms. The molecule has 0 bridgehead atoms. The standard InChI is InChI=1S/C43H35N3S/c1-43(2)36-26-29(18-23-34(36)35-24-22-32(27-37(35)43)45-25-9-11-30-10-3-4-12-38(30)45)17-19-31-20-21-33(28-44-31)46-39-13-5-7-15-41(39)47-42-16-8-6-14-40(42)46/h3-8,10,12-24,26-28H,9,11,25H2,1-2H3/b19-17+. The number of benzene rings is 5. The quantitative estimate of drug-likeness (QED) is 0.194. The van der Waals surface area contributed by atoms with E-state index in [9.17, 15) is 0 Å². The van der Waals surface area contributed by atoms with Crippen molar-refractivity contribution in [1.29, 1.82) is 0 Å². The lowest BCUT2D eigenvalue weighted by Crippen LogP contribution is -2.25. The van der Waals surface area contributed by atoms with Gasteiger partial charge in [0, 0.05) is 33.1 Å². The Labute approximate surface area is 281 Å². The van der Waals surface area contributed by atoms with Crippen molar-refractivity contribution < 1.29 is 0 Å². The second kappa shape index (κ2) is 11.0. The lowest BCUT2D eigenvalue weighted by Gasteiger charge is -2.32. The number of para-hydroxylation sites is 3. The van der Waals surface area contributed by atoms with Gasteiger partial charge in [-0.15, -0.1) is 0 Å². The number of aromatic nitrogens is 1. The van der Waals surface area contributed by atoms with Crippen LogP contribution in [0.15, 0.2) is 137 Å². The molecule has 0 N–H and O–H groups in total. The van der Waals surface area contributed by atoms with E-state index >= 15 is 0 Å². The number of anilines is 5. The van der Waals surface area contributed by atoms with Gasteiger partial charge in [0.25, 0.3) is 0 Å². The van der Waals surface area contributed by atoms with E-state index in [1.165, 1.54) is 72.3 Å². The Bertz CT molecular complexity index is 2150. The van der Waals surface area contributed by atoms with Crippen LogP contribution < -0.4 is 9.80 Å². The van der Waals surface area contributed by atoms with Crippen LogP contribution in [0.2, 0.25) is 0 Å². The molecule has 4 heteroatoms. The normalized spacial score (nSPS) is 15.5. The van der Waals surface area contributed by atoms with E-state index in [1.807, 2.05) is 18.0 Å². The number of hydrogen-bond donors (Lipinski definition) is 0. The molecular weight excluding hydrogens is 591 g/mol. The van der Waals surface area contributed by atoms with Crippen molar-refractivity contribution in [2.45, 2.75) is 41.9 Å². The molecule has 0 radical (unpaired) electrons. The van der Waals surface area contributed by atoms with Crippen LogP contribution in [-0.4, -0.2) is 11.5 Å². The minimum atomic E-state index is -0.0843. The van der Waals surface area contributed by atoms with Crippen LogP contribution in [0.5, 0.6) is 0 Å². The third-order valence-corrected chi connectivity index (χ3v) is 11.1. The highest BCUT2D eigenvalue weighted by atomic mass is 32.2. The first-order valence-electron chi connectivity index (χ1n) is 16.5. The van der Waals surface area contributed by atoms with Gasteiger partial charge in [-0.1, -0.05) is 98.4 Å². The number of rotatable bonds is 4. The summed E-state index contributed by atoms with van der Waals surface area (Å²) < 4.78 is 0. The first kappa shape index (κ1) is 28.2. The van der Waals surface area contributed by atoms with E-state index < -0.39 is 0 Å². The van der Waals surface area contributed by atoms with Gasteiger partial charge in [0.1, 0.15) is 0 Å². The van der Waals surface area contributed by atoms with Crippen LogP contribution in [0, 0.1) is 0 Å². The van der Waals surface area contributed by atoms with Crippen LogP contribution in [0.1, 0.15) is 48.2 Å². The van der Waals surface area contributed by atoms with Gasteiger partial charge >= 0.3 is 0 Å². The molecule has 6 aromatic rings. The Balaban J connectivity index is 0.987.